The Balaban J connectivity index is 2.02. The Bertz CT molecular complexity index is 518. The lowest BCUT2D eigenvalue weighted by Gasteiger charge is -2.20. The minimum atomic E-state index is -0.942. The van der Waals surface area contributed by atoms with E-state index in [1.165, 1.54) is 19.8 Å². The summed E-state index contributed by atoms with van der Waals surface area (Å²) in [6, 6.07) is 10.1. The second kappa shape index (κ2) is 6.03. The number of carbonyl (C=O) groups excluding carboxylic acids is 2. The first-order chi connectivity index (χ1) is 10.0. The predicted octanol–water partition coefficient (Wildman–Crippen LogP) is 2.73. The van der Waals surface area contributed by atoms with Crippen molar-refractivity contribution in [2.75, 3.05) is 20.8 Å². The first kappa shape index (κ1) is 15.2. The van der Waals surface area contributed by atoms with Crippen molar-refractivity contribution in [3.63, 3.8) is 0 Å². The quantitative estimate of drug-likeness (QED) is 0.633. The van der Waals surface area contributed by atoms with Crippen LogP contribution in [0.3, 0.4) is 0 Å². The van der Waals surface area contributed by atoms with Crippen molar-refractivity contribution in [2.45, 2.75) is 18.8 Å². The topological polar surface area (TPSA) is 65.1 Å². The zero-order chi connectivity index (χ0) is 15.5. The zero-order valence-electron chi connectivity index (χ0n) is 12.4. The molecule has 0 aliphatic heterocycles. The molecule has 0 spiro atoms. The number of hydrogen-bond donors (Lipinski definition) is 0. The van der Waals surface area contributed by atoms with E-state index in [4.69, 9.17) is 4.84 Å². The van der Waals surface area contributed by atoms with Gasteiger partial charge in [0.05, 0.1) is 20.8 Å². The smallest absolute Gasteiger partial charge is 0.451 e. The van der Waals surface area contributed by atoms with Gasteiger partial charge in [0.15, 0.2) is 0 Å². The molecule has 0 unspecified atom stereocenters. The molecule has 1 fully saturated rings. The first-order valence-electron chi connectivity index (χ1n) is 6.68. The number of methoxy groups -OCH3 is 2. The number of benzene rings is 1. The molecule has 2 atom stereocenters. The van der Waals surface area contributed by atoms with E-state index in [0.29, 0.717) is 0 Å². The molecule has 0 bridgehead atoms. The predicted molar refractivity (Wildman–Crippen MR) is 74.5 cm³/mol. The fraction of sp³-hybridized carbons (Fsp3) is 0.467. The van der Waals surface area contributed by atoms with E-state index in [9.17, 15) is 9.59 Å². The van der Waals surface area contributed by atoms with Crippen molar-refractivity contribution in [2.24, 2.45) is 5.92 Å². The molecular weight excluding hydrogens is 274 g/mol. The summed E-state index contributed by atoms with van der Waals surface area (Å²) in [7, 11) is 2.42. The summed E-state index contributed by atoms with van der Waals surface area (Å²) in [5.41, 5.74) is 1.19. The van der Waals surface area contributed by atoms with E-state index in [0.717, 1.165) is 11.5 Å². The fourth-order valence-electron chi connectivity index (χ4n) is 2.47. The number of hydroxylamine groups is 2. The van der Waals surface area contributed by atoms with E-state index in [1.54, 1.807) is 0 Å². The molecule has 6 heteroatoms. The summed E-state index contributed by atoms with van der Waals surface area (Å²) in [6.07, 6.45) is -0.750. The van der Waals surface area contributed by atoms with Crippen molar-refractivity contribution in [3.05, 3.63) is 35.9 Å². The Kier molecular flexibility index (Phi) is 4.35. The van der Waals surface area contributed by atoms with Gasteiger partial charge in [-0.3, -0.25) is 0 Å². The van der Waals surface area contributed by atoms with Gasteiger partial charge in [0.25, 0.3) is 0 Å². The molecule has 0 radical (unpaired) electrons. The zero-order valence-corrected chi connectivity index (χ0v) is 12.4. The number of ether oxygens (including phenoxy) is 2. The molecule has 1 aliphatic rings. The SMILES string of the molecule is COC(=O)ON(C[C@H]1C[C@]1(C)c1ccccc1)C(=O)OC. The van der Waals surface area contributed by atoms with Gasteiger partial charge < -0.3 is 14.3 Å². The van der Waals surface area contributed by atoms with Gasteiger partial charge in [-0.25, -0.2) is 9.59 Å². The highest BCUT2D eigenvalue weighted by Crippen LogP contribution is 2.54. The van der Waals surface area contributed by atoms with Crippen molar-refractivity contribution >= 4 is 12.2 Å². The van der Waals surface area contributed by atoms with Crippen LogP contribution in [-0.4, -0.2) is 38.1 Å². The van der Waals surface area contributed by atoms with E-state index in [-0.39, 0.29) is 17.9 Å². The molecule has 1 amide bonds. The van der Waals surface area contributed by atoms with Gasteiger partial charge in [0.2, 0.25) is 0 Å². The van der Waals surface area contributed by atoms with Crippen LogP contribution in [0.1, 0.15) is 18.9 Å². The molecule has 114 valence electrons. The third-order valence-corrected chi connectivity index (χ3v) is 3.96. The third kappa shape index (κ3) is 3.26. The first-order valence-corrected chi connectivity index (χ1v) is 6.68. The van der Waals surface area contributed by atoms with Crippen LogP contribution in [0, 0.1) is 5.92 Å². The van der Waals surface area contributed by atoms with Crippen molar-refractivity contribution in [1.29, 1.82) is 0 Å². The van der Waals surface area contributed by atoms with Gasteiger partial charge in [-0.2, -0.15) is 0 Å². The maximum atomic E-state index is 11.6. The molecule has 1 aliphatic carbocycles. The Morgan fingerprint density at radius 2 is 1.90 bits per heavy atom. The van der Waals surface area contributed by atoms with Crippen LogP contribution in [0.5, 0.6) is 0 Å². The number of carbonyl (C=O) groups is 2. The molecule has 1 aromatic carbocycles. The van der Waals surface area contributed by atoms with Gasteiger partial charge in [-0.1, -0.05) is 37.3 Å². The normalized spacial score (nSPS) is 23.1. The highest BCUT2D eigenvalue weighted by Gasteiger charge is 2.52. The fourth-order valence-corrected chi connectivity index (χ4v) is 2.47. The summed E-state index contributed by atoms with van der Waals surface area (Å²) >= 11 is 0. The molecule has 0 heterocycles. The van der Waals surface area contributed by atoms with E-state index >= 15 is 0 Å². The molecular formula is C15H19NO5. The van der Waals surface area contributed by atoms with Crippen molar-refractivity contribution in [1.82, 2.24) is 5.06 Å². The molecule has 21 heavy (non-hydrogen) atoms. The number of hydrogen-bond acceptors (Lipinski definition) is 5. The van der Waals surface area contributed by atoms with Gasteiger partial charge in [-0.15, -0.1) is 5.06 Å². The lowest BCUT2D eigenvalue weighted by atomic mass is 9.95. The molecule has 1 saturated carbocycles. The van der Waals surface area contributed by atoms with Crippen LogP contribution in [-0.2, 0) is 19.7 Å². The van der Waals surface area contributed by atoms with Crippen LogP contribution < -0.4 is 0 Å². The monoisotopic (exact) mass is 293 g/mol. The van der Waals surface area contributed by atoms with Crippen LogP contribution >= 0.6 is 0 Å². The highest BCUT2D eigenvalue weighted by atomic mass is 16.8. The molecule has 6 nitrogen and oxygen atoms in total. The molecule has 0 aromatic heterocycles. The summed E-state index contributed by atoms with van der Waals surface area (Å²) < 4.78 is 9.02. The standard InChI is InChI=1S/C15H19NO5/c1-15(11-7-5-4-6-8-11)9-12(15)10-16(13(17)19-2)21-14(18)20-3/h4-8,12H,9-10H2,1-3H3/t12-,15-/m1/s1. The summed E-state index contributed by atoms with van der Waals surface area (Å²) in [4.78, 5) is 27.7. The highest BCUT2D eigenvalue weighted by molar-refractivity contribution is 5.69. The summed E-state index contributed by atoms with van der Waals surface area (Å²) in [5.74, 6) is 0.198. The largest absolute Gasteiger partial charge is 0.533 e. The second-order valence-corrected chi connectivity index (χ2v) is 5.26. The van der Waals surface area contributed by atoms with Crippen LogP contribution in [0.2, 0.25) is 0 Å². The molecule has 2 rings (SSSR count). The Morgan fingerprint density at radius 3 is 2.48 bits per heavy atom. The minimum absolute atomic E-state index is 0.0208. The lowest BCUT2D eigenvalue weighted by Crippen LogP contribution is -2.36. The summed E-state index contributed by atoms with van der Waals surface area (Å²) in [5, 5.41) is 0.907. The van der Waals surface area contributed by atoms with Crippen LogP contribution in [0.25, 0.3) is 0 Å². The number of rotatable bonds is 3. The average molecular weight is 293 g/mol. The molecule has 0 saturated heterocycles. The minimum Gasteiger partial charge on any atom is -0.451 e. The van der Waals surface area contributed by atoms with Crippen LogP contribution in [0.4, 0.5) is 9.59 Å². The van der Waals surface area contributed by atoms with Crippen molar-refractivity contribution in [3.8, 4) is 0 Å². The maximum Gasteiger partial charge on any atom is 0.533 e. The van der Waals surface area contributed by atoms with E-state index in [1.807, 2.05) is 18.2 Å². The number of amides is 1. The molecule has 1 aromatic rings. The van der Waals surface area contributed by atoms with Gasteiger partial charge in [0, 0.05) is 0 Å². The Morgan fingerprint density at radius 1 is 1.24 bits per heavy atom. The van der Waals surface area contributed by atoms with E-state index < -0.39 is 12.2 Å². The van der Waals surface area contributed by atoms with Crippen LogP contribution in [0.15, 0.2) is 30.3 Å². The Labute approximate surface area is 123 Å². The average Bonchev–Trinajstić information content (AvgIpc) is 3.18. The van der Waals surface area contributed by atoms with Gasteiger partial charge in [0.1, 0.15) is 0 Å². The summed E-state index contributed by atoms with van der Waals surface area (Å²) in [6.45, 7) is 2.40. The molecule has 0 N–H and O–H groups in total. The van der Waals surface area contributed by atoms with Crippen molar-refractivity contribution < 1.29 is 23.9 Å². The maximum absolute atomic E-state index is 11.6. The lowest BCUT2D eigenvalue weighted by molar-refractivity contribution is -0.107. The van der Waals surface area contributed by atoms with E-state index in [2.05, 4.69) is 28.5 Å². The second-order valence-electron chi connectivity index (χ2n) is 5.26. The Hall–Kier alpha value is -2.24. The third-order valence-electron chi connectivity index (χ3n) is 3.96. The number of nitrogens with zero attached hydrogens (tertiary/aromatic N) is 1. The van der Waals surface area contributed by atoms with Gasteiger partial charge >= 0.3 is 12.2 Å². The van der Waals surface area contributed by atoms with Gasteiger partial charge in [-0.05, 0) is 23.3 Å².